The van der Waals surface area contributed by atoms with Crippen LogP contribution in [0, 0.1) is 5.41 Å². The van der Waals surface area contributed by atoms with Gasteiger partial charge in [-0.3, -0.25) is 9.59 Å². The second kappa shape index (κ2) is 5.58. The number of rotatable bonds is 6. The molecule has 0 atom stereocenters. The molecule has 1 N–H and O–H groups in total. The third kappa shape index (κ3) is 2.59. The Balaban J connectivity index is 1.57. The van der Waals surface area contributed by atoms with Crippen molar-refractivity contribution in [2.75, 3.05) is 51.2 Å². The predicted octanol–water partition coefficient (Wildman–Crippen LogP) is 0.653. The molecule has 3 rings (SSSR count). The van der Waals surface area contributed by atoms with Crippen LogP contribution in [-0.2, 0) is 0 Å². The van der Waals surface area contributed by atoms with Crippen molar-refractivity contribution in [3.63, 3.8) is 0 Å². The fraction of sp³-hybridized carbons (Fsp3) is 0.500. The molecule has 1 aromatic carbocycles. The summed E-state index contributed by atoms with van der Waals surface area (Å²) in [6.45, 7) is 6.57. The summed E-state index contributed by atoms with van der Waals surface area (Å²) in [6.07, 6.45) is 1.49. The summed E-state index contributed by atoms with van der Waals surface area (Å²) in [6, 6.07) is 5.49. The first kappa shape index (κ1) is 14.2. The van der Waals surface area contributed by atoms with Crippen molar-refractivity contribution >= 4 is 18.3 Å². The zero-order valence-corrected chi connectivity index (χ0v) is 12.3. The molecule has 0 bridgehead atoms. The van der Waals surface area contributed by atoms with Gasteiger partial charge < -0.3 is 15.1 Å². The summed E-state index contributed by atoms with van der Waals surface area (Å²) in [7, 11) is 1.98. The zero-order chi connectivity index (χ0) is 14.9. The van der Waals surface area contributed by atoms with Gasteiger partial charge in [-0.25, -0.2) is 0 Å². The van der Waals surface area contributed by atoms with Gasteiger partial charge in [0.15, 0.2) is 12.6 Å². The number of likely N-dealkylation sites (tertiary alicyclic amines) is 1. The van der Waals surface area contributed by atoms with E-state index >= 15 is 0 Å². The number of aldehydes is 2. The number of anilines is 1. The fourth-order valence-electron chi connectivity index (χ4n) is 3.44. The smallest absolute Gasteiger partial charge is 0.150 e. The van der Waals surface area contributed by atoms with Crippen molar-refractivity contribution in [1.82, 2.24) is 10.2 Å². The van der Waals surface area contributed by atoms with Gasteiger partial charge in [-0.2, -0.15) is 0 Å². The van der Waals surface area contributed by atoms with Crippen molar-refractivity contribution in [3.05, 3.63) is 29.3 Å². The molecular formula is C16H21N3O2. The van der Waals surface area contributed by atoms with E-state index in [1.807, 2.05) is 19.2 Å². The molecule has 0 saturated carbocycles. The van der Waals surface area contributed by atoms with Crippen LogP contribution >= 0.6 is 0 Å². The summed E-state index contributed by atoms with van der Waals surface area (Å²) in [5.41, 5.74) is 2.43. The van der Waals surface area contributed by atoms with Crippen LogP contribution < -0.4 is 10.2 Å². The van der Waals surface area contributed by atoms with E-state index in [-0.39, 0.29) is 0 Å². The van der Waals surface area contributed by atoms with Gasteiger partial charge in [0.2, 0.25) is 0 Å². The normalized spacial score (nSPS) is 20.0. The Morgan fingerprint density at radius 2 is 1.86 bits per heavy atom. The molecule has 0 aliphatic carbocycles. The van der Waals surface area contributed by atoms with Gasteiger partial charge in [0.1, 0.15) is 0 Å². The molecular weight excluding hydrogens is 266 g/mol. The maximum atomic E-state index is 11.0. The molecule has 2 heterocycles. The number of hydrogen-bond acceptors (Lipinski definition) is 5. The minimum atomic E-state index is 0.443. The SMILES string of the molecule is CNCCN1CC2(C1)CN(c1ccc(C=O)c(C=O)c1)C2. The molecule has 2 saturated heterocycles. The molecule has 0 aromatic heterocycles. The molecule has 5 heteroatoms. The van der Waals surface area contributed by atoms with Crippen molar-refractivity contribution < 1.29 is 9.59 Å². The summed E-state index contributed by atoms with van der Waals surface area (Å²) >= 11 is 0. The van der Waals surface area contributed by atoms with Crippen LogP contribution in [-0.4, -0.2) is 63.8 Å². The second-order valence-corrected chi connectivity index (χ2v) is 6.22. The number of benzene rings is 1. The van der Waals surface area contributed by atoms with Crippen LogP contribution in [0.4, 0.5) is 5.69 Å². The number of carbonyl (C=O) groups excluding carboxylic acids is 2. The lowest BCUT2D eigenvalue weighted by Crippen LogP contribution is -2.72. The average molecular weight is 287 g/mol. The van der Waals surface area contributed by atoms with Gasteiger partial charge in [-0.05, 0) is 25.2 Å². The van der Waals surface area contributed by atoms with E-state index in [1.54, 1.807) is 6.07 Å². The van der Waals surface area contributed by atoms with Gasteiger partial charge in [-0.15, -0.1) is 0 Å². The Morgan fingerprint density at radius 1 is 1.14 bits per heavy atom. The average Bonchev–Trinajstić information content (AvgIpc) is 2.43. The standard InChI is InChI=1S/C16H21N3O2/c1-17-4-5-18-9-16(10-18)11-19(12-16)15-3-2-13(7-20)14(6-15)8-21/h2-3,6-8,17H,4-5,9-12H2,1H3. The number of nitrogens with zero attached hydrogens (tertiary/aromatic N) is 2. The van der Waals surface area contributed by atoms with Crippen molar-refractivity contribution in [2.45, 2.75) is 0 Å². The maximum absolute atomic E-state index is 11.0. The van der Waals surface area contributed by atoms with E-state index in [9.17, 15) is 9.59 Å². The molecule has 2 aliphatic rings. The first-order valence-corrected chi connectivity index (χ1v) is 7.36. The highest BCUT2D eigenvalue weighted by molar-refractivity contribution is 5.91. The van der Waals surface area contributed by atoms with Crippen LogP contribution in [0.2, 0.25) is 0 Å². The van der Waals surface area contributed by atoms with Gasteiger partial charge in [0.25, 0.3) is 0 Å². The van der Waals surface area contributed by atoms with E-state index in [2.05, 4.69) is 15.1 Å². The van der Waals surface area contributed by atoms with Crippen LogP contribution in [0.25, 0.3) is 0 Å². The largest absolute Gasteiger partial charge is 0.370 e. The summed E-state index contributed by atoms with van der Waals surface area (Å²) < 4.78 is 0. The molecule has 1 spiro atoms. The van der Waals surface area contributed by atoms with Crippen molar-refractivity contribution in [2.24, 2.45) is 5.41 Å². The zero-order valence-electron chi connectivity index (χ0n) is 12.3. The Labute approximate surface area is 124 Å². The maximum Gasteiger partial charge on any atom is 0.150 e. The third-order valence-electron chi connectivity index (χ3n) is 4.54. The summed E-state index contributed by atoms with van der Waals surface area (Å²) in [5.74, 6) is 0. The van der Waals surface area contributed by atoms with Crippen molar-refractivity contribution in [3.8, 4) is 0 Å². The molecule has 0 unspecified atom stereocenters. The van der Waals surface area contributed by atoms with Crippen molar-refractivity contribution in [1.29, 1.82) is 0 Å². The number of carbonyl (C=O) groups is 2. The summed E-state index contributed by atoms with van der Waals surface area (Å²) in [4.78, 5) is 26.6. The highest BCUT2D eigenvalue weighted by Crippen LogP contribution is 2.41. The van der Waals surface area contributed by atoms with Crippen LogP contribution in [0.5, 0.6) is 0 Å². The fourth-order valence-corrected chi connectivity index (χ4v) is 3.44. The van der Waals surface area contributed by atoms with Crippen LogP contribution in [0.1, 0.15) is 20.7 Å². The molecule has 1 aromatic rings. The predicted molar refractivity (Wildman–Crippen MR) is 82.2 cm³/mol. The number of nitrogens with one attached hydrogen (secondary N) is 1. The highest BCUT2D eigenvalue weighted by atomic mass is 16.1. The Morgan fingerprint density at radius 3 is 2.48 bits per heavy atom. The number of hydrogen-bond donors (Lipinski definition) is 1. The van der Waals surface area contributed by atoms with Crippen LogP contribution in [0.15, 0.2) is 18.2 Å². The minimum absolute atomic E-state index is 0.443. The molecule has 0 radical (unpaired) electrons. The lowest BCUT2D eigenvalue weighted by Gasteiger charge is -2.61. The van der Waals surface area contributed by atoms with Gasteiger partial charge >= 0.3 is 0 Å². The molecule has 2 fully saturated rings. The molecule has 112 valence electrons. The Hall–Kier alpha value is -1.72. The molecule has 2 aliphatic heterocycles. The van der Waals surface area contributed by atoms with E-state index in [0.29, 0.717) is 16.5 Å². The Kier molecular flexibility index (Phi) is 3.78. The first-order chi connectivity index (χ1) is 10.2. The third-order valence-corrected chi connectivity index (χ3v) is 4.54. The van der Waals surface area contributed by atoms with Gasteiger partial charge in [0, 0.05) is 61.5 Å². The minimum Gasteiger partial charge on any atom is -0.370 e. The van der Waals surface area contributed by atoms with E-state index < -0.39 is 0 Å². The molecule has 0 amide bonds. The molecule has 5 nitrogen and oxygen atoms in total. The quantitative estimate of drug-likeness (QED) is 0.779. The van der Waals surface area contributed by atoms with E-state index in [0.717, 1.165) is 57.5 Å². The summed E-state index contributed by atoms with van der Waals surface area (Å²) in [5, 5.41) is 3.17. The van der Waals surface area contributed by atoms with Gasteiger partial charge in [-0.1, -0.05) is 0 Å². The van der Waals surface area contributed by atoms with E-state index in [1.165, 1.54) is 0 Å². The van der Waals surface area contributed by atoms with E-state index in [4.69, 9.17) is 0 Å². The topological polar surface area (TPSA) is 52.6 Å². The highest BCUT2D eigenvalue weighted by Gasteiger charge is 2.51. The Bertz CT molecular complexity index is 544. The first-order valence-electron chi connectivity index (χ1n) is 7.36. The number of likely N-dealkylation sites (N-methyl/N-ethyl adjacent to an activating group) is 1. The second-order valence-electron chi connectivity index (χ2n) is 6.22. The monoisotopic (exact) mass is 287 g/mol. The lowest BCUT2D eigenvalue weighted by atomic mass is 9.72. The van der Waals surface area contributed by atoms with Gasteiger partial charge in [0.05, 0.1) is 0 Å². The lowest BCUT2D eigenvalue weighted by molar-refractivity contribution is -0.0202. The molecule has 21 heavy (non-hydrogen) atoms. The van der Waals surface area contributed by atoms with Crippen LogP contribution in [0.3, 0.4) is 0 Å².